The minimum Gasteiger partial charge on any atom is -0.461 e. The first-order valence-electron chi connectivity index (χ1n) is 4.41. The zero-order valence-corrected chi connectivity index (χ0v) is 7.57. The molecule has 0 saturated carbocycles. The molecule has 0 spiro atoms. The van der Waals surface area contributed by atoms with E-state index in [0.29, 0.717) is 12.6 Å². The topological polar surface area (TPSA) is 18.5 Å². The van der Waals surface area contributed by atoms with Crippen molar-refractivity contribution in [1.29, 1.82) is 0 Å². The minimum atomic E-state index is 0. The molecular formula is C12H16O2. The van der Waals surface area contributed by atoms with Crippen LogP contribution in [0, 0.1) is 0 Å². The van der Waals surface area contributed by atoms with Gasteiger partial charge in [-0.2, -0.15) is 0 Å². The van der Waals surface area contributed by atoms with E-state index < -0.39 is 0 Å². The van der Waals surface area contributed by atoms with Crippen LogP contribution < -0.4 is 0 Å². The standard InChI is InChI=1S/C11H12O2.CH4/c1-9-8-12-11(13-9)7-10-5-3-2-4-6-10;/h2-7,9H,8H2,1H3;1H4. The first-order valence-corrected chi connectivity index (χ1v) is 4.41. The minimum absolute atomic E-state index is 0. The van der Waals surface area contributed by atoms with Crippen LogP contribution in [0.5, 0.6) is 0 Å². The van der Waals surface area contributed by atoms with Crippen molar-refractivity contribution in [3.8, 4) is 0 Å². The summed E-state index contributed by atoms with van der Waals surface area (Å²) in [5, 5.41) is 0. The van der Waals surface area contributed by atoms with Crippen molar-refractivity contribution >= 4 is 6.08 Å². The third-order valence-corrected chi connectivity index (χ3v) is 1.86. The smallest absolute Gasteiger partial charge is 0.280 e. The first-order chi connectivity index (χ1) is 6.34. The van der Waals surface area contributed by atoms with E-state index in [4.69, 9.17) is 9.47 Å². The van der Waals surface area contributed by atoms with E-state index in [1.807, 2.05) is 43.3 Å². The van der Waals surface area contributed by atoms with Crippen molar-refractivity contribution in [2.24, 2.45) is 0 Å². The third-order valence-electron chi connectivity index (χ3n) is 1.86. The van der Waals surface area contributed by atoms with E-state index in [9.17, 15) is 0 Å². The third kappa shape index (κ3) is 2.52. The first kappa shape index (κ1) is 10.6. The zero-order chi connectivity index (χ0) is 9.10. The molecule has 2 heteroatoms. The molecule has 0 amide bonds. The molecule has 14 heavy (non-hydrogen) atoms. The molecule has 2 rings (SSSR count). The molecule has 76 valence electrons. The lowest BCUT2D eigenvalue weighted by Crippen LogP contribution is -2.00. The Balaban J connectivity index is 0.000000980. The van der Waals surface area contributed by atoms with E-state index in [2.05, 4.69) is 0 Å². The van der Waals surface area contributed by atoms with Gasteiger partial charge in [-0.25, -0.2) is 0 Å². The Hall–Kier alpha value is -1.44. The second-order valence-corrected chi connectivity index (χ2v) is 3.11. The van der Waals surface area contributed by atoms with Gasteiger partial charge in [-0.05, 0) is 12.5 Å². The number of hydrogen-bond donors (Lipinski definition) is 0. The second-order valence-electron chi connectivity index (χ2n) is 3.11. The highest BCUT2D eigenvalue weighted by Gasteiger charge is 2.16. The molecule has 2 nitrogen and oxygen atoms in total. The maximum atomic E-state index is 5.40. The van der Waals surface area contributed by atoms with Crippen LogP contribution in [0.3, 0.4) is 0 Å². The maximum absolute atomic E-state index is 5.40. The Morgan fingerprint density at radius 1 is 1.29 bits per heavy atom. The summed E-state index contributed by atoms with van der Waals surface area (Å²) < 4.78 is 10.7. The van der Waals surface area contributed by atoms with Crippen molar-refractivity contribution in [2.75, 3.05) is 6.61 Å². The Labute approximate surface area is 85.2 Å². The normalized spacial score (nSPS) is 22.4. The van der Waals surface area contributed by atoms with Crippen LogP contribution in [-0.2, 0) is 9.47 Å². The predicted molar refractivity (Wildman–Crippen MR) is 57.6 cm³/mol. The molecule has 1 atom stereocenters. The van der Waals surface area contributed by atoms with Crippen LogP contribution in [-0.4, -0.2) is 12.7 Å². The van der Waals surface area contributed by atoms with Gasteiger partial charge in [0.05, 0.1) is 0 Å². The van der Waals surface area contributed by atoms with Gasteiger partial charge in [0.15, 0.2) is 0 Å². The lowest BCUT2D eigenvalue weighted by molar-refractivity contribution is 0.155. The molecule has 1 aliphatic heterocycles. The quantitative estimate of drug-likeness (QED) is 0.680. The predicted octanol–water partition coefficient (Wildman–Crippen LogP) is 3.06. The van der Waals surface area contributed by atoms with Gasteiger partial charge in [0.1, 0.15) is 12.7 Å². The van der Waals surface area contributed by atoms with Crippen LogP contribution >= 0.6 is 0 Å². The molecule has 0 N–H and O–H groups in total. The molecule has 0 bridgehead atoms. The SMILES string of the molecule is C.CC1COC(=Cc2ccccc2)O1. The largest absolute Gasteiger partial charge is 0.461 e. The average Bonchev–Trinajstić information content (AvgIpc) is 2.53. The molecule has 1 unspecified atom stereocenters. The molecule has 0 radical (unpaired) electrons. The summed E-state index contributed by atoms with van der Waals surface area (Å²) in [5.74, 6) is 0.624. The van der Waals surface area contributed by atoms with Crippen LogP contribution in [0.2, 0.25) is 0 Å². The summed E-state index contributed by atoms with van der Waals surface area (Å²) >= 11 is 0. The van der Waals surface area contributed by atoms with Crippen LogP contribution in [0.4, 0.5) is 0 Å². The number of hydrogen-bond acceptors (Lipinski definition) is 2. The zero-order valence-electron chi connectivity index (χ0n) is 7.57. The van der Waals surface area contributed by atoms with Gasteiger partial charge in [-0.3, -0.25) is 0 Å². The summed E-state index contributed by atoms with van der Waals surface area (Å²) in [5.41, 5.74) is 1.10. The van der Waals surface area contributed by atoms with Gasteiger partial charge < -0.3 is 9.47 Å². The fraction of sp³-hybridized carbons (Fsp3) is 0.333. The van der Waals surface area contributed by atoms with E-state index in [-0.39, 0.29) is 13.5 Å². The van der Waals surface area contributed by atoms with E-state index >= 15 is 0 Å². The summed E-state index contributed by atoms with van der Waals surface area (Å²) in [6.07, 6.45) is 2.08. The van der Waals surface area contributed by atoms with Crippen molar-refractivity contribution in [3.63, 3.8) is 0 Å². The number of ether oxygens (including phenoxy) is 2. The Morgan fingerprint density at radius 3 is 2.57 bits per heavy atom. The Bertz CT molecular complexity index is 303. The van der Waals surface area contributed by atoms with Gasteiger partial charge in [0, 0.05) is 6.08 Å². The molecule has 0 aromatic heterocycles. The highest BCUT2D eigenvalue weighted by Crippen LogP contribution is 2.17. The van der Waals surface area contributed by atoms with Gasteiger partial charge in [0.2, 0.25) is 0 Å². The van der Waals surface area contributed by atoms with E-state index in [1.165, 1.54) is 0 Å². The Morgan fingerprint density at radius 2 is 2.00 bits per heavy atom. The monoisotopic (exact) mass is 192 g/mol. The summed E-state index contributed by atoms with van der Waals surface area (Å²) in [4.78, 5) is 0. The van der Waals surface area contributed by atoms with Crippen LogP contribution in [0.1, 0.15) is 19.9 Å². The van der Waals surface area contributed by atoms with Crippen molar-refractivity contribution in [3.05, 3.63) is 41.8 Å². The highest BCUT2D eigenvalue weighted by molar-refractivity contribution is 5.49. The maximum Gasteiger partial charge on any atom is 0.280 e. The molecular weight excluding hydrogens is 176 g/mol. The summed E-state index contributed by atoms with van der Waals surface area (Å²) in [6, 6.07) is 10.0. The number of rotatable bonds is 1. The fourth-order valence-electron chi connectivity index (χ4n) is 1.23. The van der Waals surface area contributed by atoms with Crippen molar-refractivity contribution in [2.45, 2.75) is 20.5 Å². The molecule has 1 aromatic carbocycles. The molecule has 1 aromatic rings. The lowest BCUT2D eigenvalue weighted by Gasteiger charge is -1.98. The molecule has 1 fully saturated rings. The van der Waals surface area contributed by atoms with Crippen LogP contribution in [0.15, 0.2) is 36.3 Å². The average molecular weight is 192 g/mol. The molecule has 1 aliphatic rings. The van der Waals surface area contributed by atoms with Crippen LogP contribution in [0.25, 0.3) is 6.08 Å². The van der Waals surface area contributed by atoms with E-state index in [0.717, 1.165) is 5.56 Å². The lowest BCUT2D eigenvalue weighted by atomic mass is 10.2. The van der Waals surface area contributed by atoms with E-state index in [1.54, 1.807) is 0 Å². The number of benzene rings is 1. The van der Waals surface area contributed by atoms with Gasteiger partial charge in [0.25, 0.3) is 5.95 Å². The van der Waals surface area contributed by atoms with Gasteiger partial charge in [-0.1, -0.05) is 37.8 Å². The fourth-order valence-corrected chi connectivity index (χ4v) is 1.23. The van der Waals surface area contributed by atoms with Crippen molar-refractivity contribution in [1.82, 2.24) is 0 Å². The molecule has 1 saturated heterocycles. The van der Waals surface area contributed by atoms with Gasteiger partial charge in [-0.15, -0.1) is 0 Å². The summed E-state index contributed by atoms with van der Waals surface area (Å²) in [6.45, 7) is 2.64. The Kier molecular flexibility index (Phi) is 3.57. The van der Waals surface area contributed by atoms with Gasteiger partial charge >= 0.3 is 0 Å². The highest BCUT2D eigenvalue weighted by atomic mass is 16.7. The van der Waals surface area contributed by atoms with Crippen molar-refractivity contribution < 1.29 is 9.47 Å². The summed E-state index contributed by atoms with van der Waals surface area (Å²) in [7, 11) is 0. The molecule has 0 aliphatic carbocycles. The second kappa shape index (κ2) is 4.70. The molecule has 1 heterocycles.